The largest absolute Gasteiger partial charge is 0.382 e. The monoisotopic (exact) mass is 319 g/mol. The lowest BCUT2D eigenvalue weighted by molar-refractivity contribution is 0.657. The van der Waals surface area contributed by atoms with E-state index in [2.05, 4.69) is 20.2 Å². The molecule has 108 valence electrons. The number of aromatic nitrogens is 1. The van der Waals surface area contributed by atoms with Crippen molar-refractivity contribution in [1.82, 2.24) is 4.37 Å². The molecule has 2 aromatic rings. The highest BCUT2D eigenvalue weighted by Crippen LogP contribution is 2.31. The Morgan fingerprint density at radius 3 is 2.38 bits per heavy atom. The molecule has 1 aromatic carbocycles. The third-order valence-electron chi connectivity index (χ3n) is 3.57. The molecule has 3 rings (SSSR count). The number of anilines is 3. The number of hydrogen-bond acceptors (Lipinski definition) is 6. The van der Waals surface area contributed by atoms with Crippen molar-refractivity contribution in [2.45, 2.75) is 0 Å². The van der Waals surface area contributed by atoms with Gasteiger partial charge in [-0.3, -0.25) is 0 Å². The van der Waals surface area contributed by atoms with Crippen LogP contribution >= 0.6 is 23.1 Å². The Balaban J connectivity index is 1.70. The zero-order valence-corrected chi connectivity index (χ0v) is 12.9. The summed E-state index contributed by atoms with van der Waals surface area (Å²) in [6, 6.07) is 10.0. The molecular weight excluding hydrogens is 306 g/mol. The van der Waals surface area contributed by atoms with E-state index in [1.54, 1.807) is 0 Å². The van der Waals surface area contributed by atoms with Crippen LogP contribution in [0.3, 0.4) is 0 Å². The van der Waals surface area contributed by atoms with Gasteiger partial charge in [0.1, 0.15) is 16.6 Å². The molecule has 0 saturated carbocycles. The van der Waals surface area contributed by atoms with Gasteiger partial charge in [0.15, 0.2) is 5.82 Å². The molecule has 21 heavy (non-hydrogen) atoms. The summed E-state index contributed by atoms with van der Waals surface area (Å²) in [7, 11) is 0. The first-order valence-electron chi connectivity index (χ1n) is 6.60. The molecular formula is C14H14ClN5S. The highest BCUT2D eigenvalue weighted by Gasteiger charge is 2.22. The second kappa shape index (κ2) is 5.80. The molecule has 1 saturated heterocycles. The molecule has 0 unspecified atom stereocenters. The van der Waals surface area contributed by atoms with Crippen LogP contribution in [-0.2, 0) is 0 Å². The van der Waals surface area contributed by atoms with Gasteiger partial charge >= 0.3 is 0 Å². The van der Waals surface area contributed by atoms with E-state index in [1.165, 1.54) is 17.2 Å². The SMILES string of the molecule is N#Cc1c(N)nsc1N1CCN(c2ccc(Cl)cc2)CC1. The number of benzene rings is 1. The number of nitrogens with two attached hydrogens (primary N) is 1. The summed E-state index contributed by atoms with van der Waals surface area (Å²) < 4.78 is 4.08. The number of nitrogen functional groups attached to an aromatic ring is 1. The molecule has 0 spiro atoms. The fourth-order valence-electron chi connectivity index (χ4n) is 2.43. The van der Waals surface area contributed by atoms with Crippen molar-refractivity contribution in [3.63, 3.8) is 0 Å². The van der Waals surface area contributed by atoms with Gasteiger partial charge in [0.2, 0.25) is 0 Å². The van der Waals surface area contributed by atoms with E-state index in [0.29, 0.717) is 11.4 Å². The summed E-state index contributed by atoms with van der Waals surface area (Å²) in [5.74, 6) is 0.331. The van der Waals surface area contributed by atoms with Gasteiger partial charge < -0.3 is 15.5 Å². The average molecular weight is 320 g/mol. The number of nitrogens with zero attached hydrogens (tertiary/aromatic N) is 4. The zero-order valence-electron chi connectivity index (χ0n) is 11.3. The Kier molecular flexibility index (Phi) is 3.86. The van der Waals surface area contributed by atoms with Crippen molar-refractivity contribution in [3.8, 4) is 6.07 Å². The molecule has 1 aliphatic rings. The minimum absolute atomic E-state index is 0.331. The van der Waals surface area contributed by atoms with Crippen LogP contribution < -0.4 is 15.5 Å². The van der Waals surface area contributed by atoms with Crippen molar-refractivity contribution in [2.24, 2.45) is 0 Å². The Labute approximate surface area is 132 Å². The maximum atomic E-state index is 9.16. The highest BCUT2D eigenvalue weighted by molar-refractivity contribution is 7.10. The lowest BCUT2D eigenvalue weighted by Crippen LogP contribution is -2.46. The van der Waals surface area contributed by atoms with E-state index in [0.717, 1.165) is 36.2 Å². The first kappa shape index (κ1) is 14.0. The standard InChI is InChI=1S/C14H14ClN5S/c15-10-1-3-11(4-2-10)19-5-7-20(8-6-19)14-12(9-16)13(17)18-21-14/h1-4H,5-8H2,(H2,17,18). The van der Waals surface area contributed by atoms with Crippen LogP contribution in [0.5, 0.6) is 0 Å². The second-order valence-electron chi connectivity index (χ2n) is 4.81. The van der Waals surface area contributed by atoms with Crippen molar-refractivity contribution in [1.29, 1.82) is 5.26 Å². The van der Waals surface area contributed by atoms with Crippen LogP contribution in [0, 0.1) is 11.3 Å². The van der Waals surface area contributed by atoms with E-state index in [-0.39, 0.29) is 0 Å². The molecule has 0 aliphatic carbocycles. The molecule has 7 heteroatoms. The normalized spacial score (nSPS) is 15.0. The Bertz CT molecular complexity index is 668. The fraction of sp³-hybridized carbons (Fsp3) is 0.286. The predicted molar refractivity (Wildman–Crippen MR) is 87.1 cm³/mol. The van der Waals surface area contributed by atoms with E-state index in [9.17, 15) is 0 Å². The van der Waals surface area contributed by atoms with E-state index in [1.807, 2.05) is 24.3 Å². The first-order chi connectivity index (χ1) is 10.2. The van der Waals surface area contributed by atoms with E-state index in [4.69, 9.17) is 22.6 Å². The summed E-state index contributed by atoms with van der Waals surface area (Å²) >= 11 is 7.21. The molecule has 5 nitrogen and oxygen atoms in total. The van der Waals surface area contributed by atoms with Crippen LogP contribution in [0.4, 0.5) is 16.5 Å². The summed E-state index contributed by atoms with van der Waals surface area (Å²) in [4.78, 5) is 4.49. The van der Waals surface area contributed by atoms with Gasteiger partial charge in [0.05, 0.1) is 0 Å². The Morgan fingerprint density at radius 2 is 1.76 bits per heavy atom. The topological polar surface area (TPSA) is 69.2 Å². The van der Waals surface area contributed by atoms with Gasteiger partial charge in [0, 0.05) is 36.9 Å². The van der Waals surface area contributed by atoms with Gasteiger partial charge in [0.25, 0.3) is 0 Å². The van der Waals surface area contributed by atoms with Crippen molar-refractivity contribution >= 4 is 39.6 Å². The van der Waals surface area contributed by atoms with Crippen molar-refractivity contribution < 1.29 is 0 Å². The number of rotatable bonds is 2. The maximum absolute atomic E-state index is 9.16. The minimum Gasteiger partial charge on any atom is -0.382 e. The van der Waals surface area contributed by atoms with Gasteiger partial charge in [-0.25, -0.2) is 0 Å². The van der Waals surface area contributed by atoms with Gasteiger partial charge in [-0.05, 0) is 35.8 Å². The maximum Gasteiger partial charge on any atom is 0.157 e. The lowest BCUT2D eigenvalue weighted by Gasteiger charge is -2.36. The number of nitriles is 1. The van der Waals surface area contributed by atoms with Crippen LogP contribution in [0.25, 0.3) is 0 Å². The van der Waals surface area contributed by atoms with E-state index < -0.39 is 0 Å². The molecule has 0 amide bonds. The van der Waals surface area contributed by atoms with Crippen molar-refractivity contribution in [2.75, 3.05) is 41.7 Å². The molecule has 1 fully saturated rings. The van der Waals surface area contributed by atoms with Gasteiger partial charge in [-0.15, -0.1) is 0 Å². The summed E-state index contributed by atoms with van der Waals surface area (Å²) in [6.07, 6.45) is 0. The summed E-state index contributed by atoms with van der Waals surface area (Å²) in [5.41, 5.74) is 7.39. The lowest BCUT2D eigenvalue weighted by atomic mass is 10.2. The number of piperazine rings is 1. The molecule has 2 N–H and O–H groups in total. The number of hydrogen-bond donors (Lipinski definition) is 1. The van der Waals surface area contributed by atoms with Crippen LogP contribution in [0.1, 0.15) is 5.56 Å². The smallest absolute Gasteiger partial charge is 0.157 e. The Morgan fingerprint density at radius 1 is 1.14 bits per heavy atom. The zero-order chi connectivity index (χ0) is 14.8. The molecule has 0 radical (unpaired) electrons. The average Bonchev–Trinajstić information content (AvgIpc) is 2.89. The summed E-state index contributed by atoms with van der Waals surface area (Å²) in [5, 5.41) is 10.8. The molecule has 0 bridgehead atoms. The van der Waals surface area contributed by atoms with Crippen LogP contribution in [0.2, 0.25) is 5.02 Å². The molecule has 0 atom stereocenters. The summed E-state index contributed by atoms with van der Waals surface area (Å²) in [6.45, 7) is 3.48. The third-order valence-corrected chi connectivity index (χ3v) is 4.75. The molecule has 2 heterocycles. The molecule has 1 aliphatic heterocycles. The van der Waals surface area contributed by atoms with Crippen LogP contribution in [-0.4, -0.2) is 30.6 Å². The van der Waals surface area contributed by atoms with Crippen molar-refractivity contribution in [3.05, 3.63) is 34.9 Å². The van der Waals surface area contributed by atoms with Gasteiger partial charge in [-0.1, -0.05) is 11.6 Å². The third kappa shape index (κ3) is 2.75. The minimum atomic E-state index is 0.331. The number of halogens is 1. The fourth-order valence-corrected chi connectivity index (χ4v) is 3.38. The molecule has 1 aromatic heterocycles. The quantitative estimate of drug-likeness (QED) is 0.921. The predicted octanol–water partition coefficient (Wildman–Crippen LogP) is 2.58. The van der Waals surface area contributed by atoms with E-state index >= 15 is 0 Å². The second-order valence-corrected chi connectivity index (χ2v) is 6.00. The van der Waals surface area contributed by atoms with Gasteiger partial charge in [-0.2, -0.15) is 9.64 Å². The Hall–Kier alpha value is -1.97. The highest BCUT2D eigenvalue weighted by atomic mass is 35.5. The first-order valence-corrected chi connectivity index (χ1v) is 7.75. The van der Waals surface area contributed by atoms with Crippen LogP contribution in [0.15, 0.2) is 24.3 Å².